The maximum atomic E-state index is 13.2. The molecule has 0 radical (unpaired) electrons. The highest BCUT2D eigenvalue weighted by Crippen LogP contribution is 2.37. The van der Waals surface area contributed by atoms with Crippen LogP contribution in [0.1, 0.15) is 5.56 Å². The monoisotopic (exact) mass is 403 g/mol. The summed E-state index contributed by atoms with van der Waals surface area (Å²) in [6.07, 6.45) is -4.88. The molecule has 1 aromatic rings. The number of esters is 1. The number of sulfonamides is 1. The van der Waals surface area contributed by atoms with Crippen molar-refractivity contribution >= 4 is 39.4 Å². The van der Waals surface area contributed by atoms with Crippen LogP contribution in [-0.2, 0) is 25.7 Å². The molecule has 0 aliphatic carbocycles. The Kier molecular flexibility index (Phi) is 5.73. The van der Waals surface area contributed by atoms with Gasteiger partial charge in [0.1, 0.15) is 5.25 Å². The molecule has 0 saturated carbocycles. The minimum absolute atomic E-state index is 0.000415. The van der Waals surface area contributed by atoms with E-state index in [1.165, 1.54) is 11.8 Å². The molecular formula is C13H13ClF3NO4S2. The standard InChI is InChI=1S/C13H13ClF3NO4S2/c1-22-12(19)10-7-18(4-5-23-10)24(20,21)11-3-2-8(14)6-9(11)13(15,16)17/h2-3,6,10H,4-5,7H2,1H3/t10-/m1/s1. The lowest BCUT2D eigenvalue weighted by Crippen LogP contribution is -2.45. The van der Waals surface area contributed by atoms with E-state index in [9.17, 15) is 26.4 Å². The zero-order valence-electron chi connectivity index (χ0n) is 12.3. The number of carbonyl (C=O) groups excluding carboxylic acids is 1. The lowest BCUT2D eigenvalue weighted by atomic mass is 10.2. The molecule has 0 spiro atoms. The molecule has 24 heavy (non-hydrogen) atoms. The van der Waals surface area contributed by atoms with Crippen molar-refractivity contribution in [3.8, 4) is 0 Å². The highest BCUT2D eigenvalue weighted by molar-refractivity contribution is 8.00. The van der Waals surface area contributed by atoms with E-state index in [4.69, 9.17) is 11.6 Å². The van der Waals surface area contributed by atoms with Gasteiger partial charge in [-0.25, -0.2) is 8.42 Å². The van der Waals surface area contributed by atoms with E-state index < -0.39 is 37.9 Å². The molecule has 0 bridgehead atoms. The average Bonchev–Trinajstić information content (AvgIpc) is 2.53. The first kappa shape index (κ1) is 19.4. The summed E-state index contributed by atoms with van der Waals surface area (Å²) in [4.78, 5) is 10.7. The molecule has 0 unspecified atom stereocenters. The highest BCUT2D eigenvalue weighted by atomic mass is 35.5. The molecule has 0 amide bonds. The van der Waals surface area contributed by atoms with E-state index in [2.05, 4.69) is 4.74 Å². The molecule has 1 aromatic carbocycles. The first-order valence-corrected chi connectivity index (χ1v) is 9.50. The quantitative estimate of drug-likeness (QED) is 0.726. The number of rotatable bonds is 3. The van der Waals surface area contributed by atoms with Gasteiger partial charge in [-0.2, -0.15) is 17.5 Å². The van der Waals surface area contributed by atoms with Crippen molar-refractivity contribution in [2.24, 2.45) is 0 Å². The predicted molar refractivity (Wildman–Crippen MR) is 83.5 cm³/mol. The molecule has 1 aliphatic heterocycles. The van der Waals surface area contributed by atoms with E-state index in [0.29, 0.717) is 6.07 Å². The Labute approximate surface area is 146 Å². The van der Waals surface area contributed by atoms with Gasteiger partial charge >= 0.3 is 12.1 Å². The Morgan fingerprint density at radius 3 is 2.67 bits per heavy atom. The zero-order chi connectivity index (χ0) is 18.1. The van der Waals surface area contributed by atoms with Gasteiger partial charge in [-0.15, -0.1) is 11.8 Å². The highest BCUT2D eigenvalue weighted by Gasteiger charge is 2.41. The van der Waals surface area contributed by atoms with Crippen molar-refractivity contribution in [1.82, 2.24) is 4.31 Å². The fourth-order valence-corrected chi connectivity index (χ4v) is 5.36. The van der Waals surface area contributed by atoms with Crippen LogP contribution in [0.4, 0.5) is 13.2 Å². The fourth-order valence-electron chi connectivity index (χ4n) is 2.21. The van der Waals surface area contributed by atoms with Crippen LogP contribution in [-0.4, -0.2) is 49.9 Å². The second-order valence-electron chi connectivity index (χ2n) is 4.88. The van der Waals surface area contributed by atoms with Gasteiger partial charge < -0.3 is 4.74 Å². The average molecular weight is 404 g/mol. The van der Waals surface area contributed by atoms with Crippen molar-refractivity contribution in [2.75, 3.05) is 26.0 Å². The minimum atomic E-state index is -4.88. The van der Waals surface area contributed by atoms with Gasteiger partial charge in [0, 0.05) is 23.9 Å². The lowest BCUT2D eigenvalue weighted by Gasteiger charge is -2.30. The van der Waals surface area contributed by atoms with Gasteiger partial charge in [0.25, 0.3) is 0 Å². The number of nitrogens with zero attached hydrogens (tertiary/aromatic N) is 1. The second-order valence-corrected chi connectivity index (χ2v) is 8.54. The number of thioether (sulfide) groups is 1. The van der Waals surface area contributed by atoms with Crippen LogP contribution >= 0.6 is 23.4 Å². The van der Waals surface area contributed by atoms with E-state index in [0.717, 1.165) is 23.5 Å². The number of hydrogen-bond acceptors (Lipinski definition) is 5. The van der Waals surface area contributed by atoms with Crippen LogP contribution in [0.5, 0.6) is 0 Å². The summed E-state index contributed by atoms with van der Waals surface area (Å²) in [5.41, 5.74) is -1.33. The van der Waals surface area contributed by atoms with E-state index in [1.807, 2.05) is 0 Å². The van der Waals surface area contributed by atoms with E-state index in [1.54, 1.807) is 0 Å². The number of halogens is 4. The molecule has 5 nitrogen and oxygen atoms in total. The smallest absolute Gasteiger partial charge is 0.417 e. The van der Waals surface area contributed by atoms with E-state index >= 15 is 0 Å². The molecule has 1 aliphatic rings. The molecule has 1 atom stereocenters. The molecule has 1 fully saturated rings. The predicted octanol–water partition coefficient (Wildman–Crippen LogP) is 2.64. The third-order valence-corrected chi connectivity index (χ3v) is 6.68. The first-order chi connectivity index (χ1) is 11.1. The van der Waals surface area contributed by atoms with Crippen molar-refractivity contribution in [1.29, 1.82) is 0 Å². The maximum absolute atomic E-state index is 13.2. The molecule has 0 N–H and O–H groups in total. The maximum Gasteiger partial charge on any atom is 0.417 e. The molecule has 2 rings (SSSR count). The summed E-state index contributed by atoms with van der Waals surface area (Å²) in [5, 5.41) is -0.997. The summed E-state index contributed by atoms with van der Waals surface area (Å²) >= 11 is 6.77. The van der Waals surface area contributed by atoms with Crippen LogP contribution in [0, 0.1) is 0 Å². The Bertz CT molecular complexity index is 739. The summed E-state index contributed by atoms with van der Waals surface area (Å²) in [5.74, 6) is -0.347. The normalized spacial score (nSPS) is 20.0. The van der Waals surface area contributed by atoms with Gasteiger partial charge in [-0.3, -0.25) is 4.79 Å². The van der Waals surface area contributed by atoms with Gasteiger partial charge in [-0.05, 0) is 18.2 Å². The lowest BCUT2D eigenvalue weighted by molar-refractivity contribution is -0.141. The molecule has 1 saturated heterocycles. The number of carbonyl (C=O) groups is 1. The van der Waals surface area contributed by atoms with Crippen molar-refractivity contribution in [3.63, 3.8) is 0 Å². The zero-order valence-corrected chi connectivity index (χ0v) is 14.7. The minimum Gasteiger partial charge on any atom is -0.468 e. The van der Waals surface area contributed by atoms with Crippen LogP contribution in [0.15, 0.2) is 23.1 Å². The summed E-state index contributed by atoms with van der Waals surface area (Å²) < 4.78 is 70.2. The third-order valence-electron chi connectivity index (χ3n) is 3.36. The van der Waals surface area contributed by atoms with Gasteiger partial charge in [0.2, 0.25) is 10.0 Å². The van der Waals surface area contributed by atoms with Gasteiger partial charge in [0.05, 0.1) is 17.6 Å². The van der Waals surface area contributed by atoms with Gasteiger partial charge in [0.15, 0.2) is 0 Å². The van der Waals surface area contributed by atoms with Crippen LogP contribution in [0.3, 0.4) is 0 Å². The Hall–Kier alpha value is -0.970. The number of hydrogen-bond donors (Lipinski definition) is 0. The summed E-state index contributed by atoms with van der Waals surface area (Å²) in [7, 11) is -3.27. The Morgan fingerprint density at radius 1 is 1.42 bits per heavy atom. The van der Waals surface area contributed by atoms with E-state index in [-0.39, 0.29) is 23.9 Å². The Balaban J connectivity index is 2.42. The summed E-state index contributed by atoms with van der Waals surface area (Å²) in [6, 6.07) is 2.49. The topological polar surface area (TPSA) is 63.7 Å². The van der Waals surface area contributed by atoms with Crippen molar-refractivity contribution in [2.45, 2.75) is 16.3 Å². The van der Waals surface area contributed by atoms with Crippen molar-refractivity contribution < 1.29 is 31.1 Å². The van der Waals surface area contributed by atoms with Crippen molar-refractivity contribution in [3.05, 3.63) is 28.8 Å². The largest absolute Gasteiger partial charge is 0.468 e. The number of benzene rings is 1. The van der Waals surface area contributed by atoms with Gasteiger partial charge in [-0.1, -0.05) is 11.6 Å². The molecule has 1 heterocycles. The van der Waals surface area contributed by atoms with Crippen LogP contribution in [0.2, 0.25) is 5.02 Å². The molecular weight excluding hydrogens is 391 g/mol. The summed E-state index contributed by atoms with van der Waals surface area (Å²) in [6.45, 7) is -0.250. The second kappa shape index (κ2) is 7.11. The third kappa shape index (κ3) is 3.98. The number of ether oxygens (including phenoxy) is 1. The Morgan fingerprint density at radius 2 is 2.08 bits per heavy atom. The number of alkyl halides is 3. The van der Waals surface area contributed by atoms with Crippen LogP contribution < -0.4 is 0 Å². The number of methoxy groups -OCH3 is 1. The molecule has 0 aromatic heterocycles. The molecule has 11 heteroatoms. The first-order valence-electron chi connectivity index (χ1n) is 6.63. The van der Waals surface area contributed by atoms with Crippen LogP contribution in [0.25, 0.3) is 0 Å². The SMILES string of the molecule is COC(=O)[C@H]1CN(S(=O)(=O)c2ccc(Cl)cc2C(F)(F)F)CCS1. The molecule has 134 valence electrons. The fraction of sp³-hybridized carbons (Fsp3) is 0.462.